The smallest absolute Gasteiger partial charge is 0.270 e. The molecule has 5 heteroatoms. The normalized spacial score (nSPS) is 15.2. The Balaban J connectivity index is 1.35. The third-order valence-electron chi connectivity index (χ3n) is 5.36. The number of amides is 1. The van der Waals surface area contributed by atoms with Crippen molar-refractivity contribution in [1.82, 2.24) is 14.9 Å². The van der Waals surface area contributed by atoms with Crippen LogP contribution in [-0.2, 0) is 11.2 Å². The lowest BCUT2D eigenvalue weighted by Gasteiger charge is -2.32. The number of carbonyl (C=O) groups excluding carboxylic acids is 1. The van der Waals surface area contributed by atoms with Gasteiger partial charge in [0, 0.05) is 25.9 Å². The lowest BCUT2D eigenvalue weighted by atomic mass is 9.89. The Hall–Kier alpha value is -2.95. The summed E-state index contributed by atoms with van der Waals surface area (Å²) in [6.45, 7) is 1.56. The number of para-hydroxylation sites is 2. The van der Waals surface area contributed by atoms with E-state index in [-0.39, 0.29) is 11.5 Å². The molecule has 1 aliphatic heterocycles. The molecule has 1 N–H and O–H groups in total. The lowest BCUT2D eigenvalue weighted by molar-refractivity contribution is -0.132. The van der Waals surface area contributed by atoms with Crippen molar-refractivity contribution < 1.29 is 4.79 Å². The van der Waals surface area contributed by atoms with Gasteiger partial charge in [0.1, 0.15) is 5.69 Å². The number of aromatic nitrogens is 2. The maximum atomic E-state index is 12.6. The molecule has 0 bridgehead atoms. The van der Waals surface area contributed by atoms with Crippen LogP contribution in [0.25, 0.3) is 11.0 Å². The highest BCUT2D eigenvalue weighted by molar-refractivity contribution is 5.77. The second-order valence-corrected chi connectivity index (χ2v) is 7.10. The summed E-state index contributed by atoms with van der Waals surface area (Å²) in [5.41, 5.74) is 3.06. The van der Waals surface area contributed by atoms with Gasteiger partial charge in [0.25, 0.3) is 5.56 Å². The van der Waals surface area contributed by atoms with Gasteiger partial charge in [-0.1, -0.05) is 42.5 Å². The van der Waals surface area contributed by atoms with Crippen LogP contribution in [0.15, 0.2) is 59.4 Å². The summed E-state index contributed by atoms with van der Waals surface area (Å²) in [7, 11) is 0. The number of H-pyrrole nitrogens is 1. The van der Waals surface area contributed by atoms with Crippen molar-refractivity contribution in [3.05, 3.63) is 76.2 Å². The number of hydrogen-bond acceptors (Lipinski definition) is 3. The maximum Gasteiger partial charge on any atom is 0.270 e. The van der Waals surface area contributed by atoms with Crippen LogP contribution in [0, 0.1) is 0 Å². The second-order valence-electron chi connectivity index (χ2n) is 7.10. The van der Waals surface area contributed by atoms with Crippen LogP contribution in [0.1, 0.15) is 36.4 Å². The number of aromatic amines is 1. The van der Waals surface area contributed by atoms with Crippen molar-refractivity contribution in [3.8, 4) is 0 Å². The van der Waals surface area contributed by atoms with Gasteiger partial charge in [0.15, 0.2) is 0 Å². The van der Waals surface area contributed by atoms with E-state index in [0.717, 1.165) is 37.0 Å². The van der Waals surface area contributed by atoms with Gasteiger partial charge in [-0.15, -0.1) is 0 Å². The summed E-state index contributed by atoms with van der Waals surface area (Å²) in [4.78, 5) is 34.0. The van der Waals surface area contributed by atoms with E-state index < -0.39 is 0 Å². The summed E-state index contributed by atoms with van der Waals surface area (Å²) in [6, 6.07) is 18.0. The molecule has 5 nitrogen and oxygen atoms in total. The first-order valence-electron chi connectivity index (χ1n) is 9.51. The molecule has 0 unspecified atom stereocenters. The highest BCUT2D eigenvalue weighted by Crippen LogP contribution is 2.28. The van der Waals surface area contributed by atoms with Crippen LogP contribution in [0.4, 0.5) is 0 Å². The predicted molar refractivity (Wildman–Crippen MR) is 106 cm³/mol. The first-order valence-corrected chi connectivity index (χ1v) is 9.51. The molecule has 0 radical (unpaired) electrons. The van der Waals surface area contributed by atoms with Crippen molar-refractivity contribution in [2.75, 3.05) is 13.1 Å². The standard InChI is InChI=1S/C22H23N3O2/c26-21(25-14-12-17(13-15-25)16-6-2-1-3-7-16)11-10-20-22(27)24-19-9-5-4-8-18(19)23-20/h1-9,17H,10-15H2,(H,24,27). The Morgan fingerprint density at radius 2 is 1.74 bits per heavy atom. The quantitative estimate of drug-likeness (QED) is 0.776. The van der Waals surface area contributed by atoms with Crippen LogP contribution in [0.2, 0.25) is 0 Å². The molecular formula is C22H23N3O2. The van der Waals surface area contributed by atoms with Gasteiger partial charge in [0.2, 0.25) is 5.91 Å². The minimum Gasteiger partial charge on any atom is -0.343 e. The molecule has 0 atom stereocenters. The average Bonchev–Trinajstić information content (AvgIpc) is 2.73. The Kier molecular flexibility index (Phi) is 5.01. The number of rotatable bonds is 4. The van der Waals surface area contributed by atoms with Gasteiger partial charge in [-0.3, -0.25) is 9.59 Å². The molecule has 2 heterocycles. The number of carbonyl (C=O) groups is 1. The summed E-state index contributed by atoms with van der Waals surface area (Å²) in [5, 5.41) is 0. The van der Waals surface area contributed by atoms with Crippen LogP contribution < -0.4 is 5.56 Å². The number of benzene rings is 2. The molecule has 0 spiro atoms. The van der Waals surface area contributed by atoms with Crippen molar-refractivity contribution in [2.45, 2.75) is 31.6 Å². The van der Waals surface area contributed by atoms with E-state index in [1.807, 2.05) is 35.2 Å². The lowest BCUT2D eigenvalue weighted by Crippen LogP contribution is -2.38. The number of piperidine rings is 1. The number of nitrogens with zero attached hydrogens (tertiary/aromatic N) is 2. The molecular weight excluding hydrogens is 338 g/mol. The zero-order valence-corrected chi connectivity index (χ0v) is 15.2. The van der Waals surface area contributed by atoms with E-state index in [2.05, 4.69) is 34.2 Å². The van der Waals surface area contributed by atoms with Gasteiger partial charge in [-0.25, -0.2) is 4.98 Å². The van der Waals surface area contributed by atoms with Crippen LogP contribution in [0.5, 0.6) is 0 Å². The zero-order chi connectivity index (χ0) is 18.6. The highest BCUT2D eigenvalue weighted by Gasteiger charge is 2.23. The topological polar surface area (TPSA) is 66.1 Å². The Morgan fingerprint density at radius 1 is 1.04 bits per heavy atom. The van der Waals surface area contributed by atoms with Gasteiger partial charge >= 0.3 is 0 Å². The maximum absolute atomic E-state index is 12.6. The first-order chi connectivity index (χ1) is 13.2. The zero-order valence-electron chi connectivity index (χ0n) is 15.2. The predicted octanol–water partition coefficient (Wildman–Crippen LogP) is 3.26. The monoisotopic (exact) mass is 361 g/mol. The van der Waals surface area contributed by atoms with Crippen LogP contribution in [-0.4, -0.2) is 33.9 Å². The molecule has 1 aromatic heterocycles. The summed E-state index contributed by atoms with van der Waals surface area (Å²) < 4.78 is 0. The van der Waals surface area contributed by atoms with E-state index in [0.29, 0.717) is 24.5 Å². The fourth-order valence-corrected chi connectivity index (χ4v) is 3.81. The summed E-state index contributed by atoms with van der Waals surface area (Å²) in [6.07, 6.45) is 2.68. The molecule has 0 saturated carbocycles. The van der Waals surface area contributed by atoms with Crippen LogP contribution in [0.3, 0.4) is 0 Å². The number of fused-ring (bicyclic) bond motifs is 1. The van der Waals surface area contributed by atoms with E-state index in [1.165, 1.54) is 5.56 Å². The van der Waals surface area contributed by atoms with Crippen molar-refractivity contribution in [2.24, 2.45) is 0 Å². The van der Waals surface area contributed by atoms with Gasteiger partial charge in [0.05, 0.1) is 11.0 Å². The van der Waals surface area contributed by atoms with Gasteiger partial charge < -0.3 is 9.88 Å². The second kappa shape index (κ2) is 7.74. The third kappa shape index (κ3) is 3.92. The summed E-state index contributed by atoms with van der Waals surface area (Å²) >= 11 is 0. The Labute approximate surface area is 158 Å². The minimum absolute atomic E-state index is 0.107. The molecule has 27 heavy (non-hydrogen) atoms. The molecule has 2 aromatic carbocycles. The molecule has 138 valence electrons. The average molecular weight is 361 g/mol. The molecule has 1 fully saturated rings. The Morgan fingerprint density at radius 3 is 2.52 bits per heavy atom. The van der Waals surface area contributed by atoms with E-state index in [4.69, 9.17) is 0 Å². The largest absolute Gasteiger partial charge is 0.343 e. The minimum atomic E-state index is -0.204. The third-order valence-corrected chi connectivity index (χ3v) is 5.36. The van der Waals surface area contributed by atoms with Crippen LogP contribution >= 0.6 is 0 Å². The SMILES string of the molecule is O=C(CCc1nc2ccccc2[nH]c1=O)N1CCC(c2ccccc2)CC1. The van der Waals surface area contributed by atoms with E-state index in [1.54, 1.807) is 0 Å². The molecule has 3 aromatic rings. The molecule has 4 rings (SSSR count). The fourth-order valence-electron chi connectivity index (χ4n) is 3.81. The first kappa shape index (κ1) is 17.5. The van der Waals surface area contributed by atoms with Crippen molar-refractivity contribution >= 4 is 16.9 Å². The molecule has 1 amide bonds. The molecule has 1 aliphatic rings. The number of nitrogens with one attached hydrogen (secondary N) is 1. The number of aryl methyl sites for hydroxylation is 1. The molecule has 0 aliphatic carbocycles. The fraction of sp³-hybridized carbons (Fsp3) is 0.318. The molecule has 1 saturated heterocycles. The summed E-state index contributed by atoms with van der Waals surface area (Å²) in [5.74, 6) is 0.635. The van der Waals surface area contributed by atoms with E-state index in [9.17, 15) is 9.59 Å². The Bertz CT molecular complexity index is 989. The van der Waals surface area contributed by atoms with Gasteiger partial charge in [-0.05, 0) is 36.5 Å². The number of likely N-dealkylation sites (tertiary alicyclic amines) is 1. The van der Waals surface area contributed by atoms with Crippen molar-refractivity contribution in [1.29, 1.82) is 0 Å². The van der Waals surface area contributed by atoms with Gasteiger partial charge in [-0.2, -0.15) is 0 Å². The number of hydrogen-bond donors (Lipinski definition) is 1. The van der Waals surface area contributed by atoms with E-state index >= 15 is 0 Å². The van der Waals surface area contributed by atoms with Crippen molar-refractivity contribution in [3.63, 3.8) is 0 Å². The highest BCUT2D eigenvalue weighted by atomic mass is 16.2.